The van der Waals surface area contributed by atoms with Crippen LogP contribution in [0.4, 0.5) is 0 Å². The fourth-order valence-corrected chi connectivity index (χ4v) is 8.69. The minimum absolute atomic E-state index is 0.113. The Hall–Kier alpha value is -2.43. The zero-order valence-electron chi connectivity index (χ0n) is 25.6. The van der Waals surface area contributed by atoms with Crippen molar-refractivity contribution in [3.8, 4) is 11.5 Å². The third-order valence-corrected chi connectivity index (χ3v) is 11.2. The molecule has 6 rings (SSSR count). The molecule has 1 aromatic rings. The van der Waals surface area contributed by atoms with Crippen molar-refractivity contribution in [2.75, 3.05) is 7.11 Å². The number of phenolic OH excluding ortho intramolecular Hbond substituents is 1. The number of carbonyl (C=O) groups is 1. The Bertz CT molecular complexity index is 1380. The van der Waals surface area contributed by atoms with Gasteiger partial charge in [-0.25, -0.2) is 4.79 Å². The molecule has 2 bridgehead atoms. The summed E-state index contributed by atoms with van der Waals surface area (Å²) in [4.78, 5) is 12.5. The predicted molar refractivity (Wildman–Crippen MR) is 153 cm³/mol. The second-order valence-electron chi connectivity index (χ2n) is 14.4. The number of aliphatic carboxylic acids is 1. The van der Waals surface area contributed by atoms with Crippen LogP contribution in [0.25, 0.3) is 0 Å². The summed E-state index contributed by atoms with van der Waals surface area (Å²) in [5, 5.41) is 44.4. The molecular formula is C33H44O9. The molecule has 42 heavy (non-hydrogen) atoms. The van der Waals surface area contributed by atoms with Crippen LogP contribution < -0.4 is 4.74 Å². The number of ether oxygens (including phenoxy) is 4. The van der Waals surface area contributed by atoms with Crippen molar-refractivity contribution in [1.29, 1.82) is 0 Å². The molecule has 2 saturated heterocycles. The minimum atomic E-state index is -2.01. The molecule has 0 radical (unpaired) electrons. The molecule has 4 heterocycles. The van der Waals surface area contributed by atoms with E-state index in [-0.39, 0.29) is 23.0 Å². The largest absolute Gasteiger partial charge is 0.508 e. The van der Waals surface area contributed by atoms with E-state index >= 15 is 0 Å². The maximum absolute atomic E-state index is 12.5. The molecule has 4 aliphatic heterocycles. The number of rotatable bonds is 2. The molecule has 9 unspecified atom stereocenters. The molecule has 1 aromatic carbocycles. The summed E-state index contributed by atoms with van der Waals surface area (Å²) in [6.45, 7) is 11.9. The maximum Gasteiger partial charge on any atom is 0.343 e. The van der Waals surface area contributed by atoms with Crippen LogP contribution in [-0.2, 0) is 25.4 Å². The van der Waals surface area contributed by atoms with Gasteiger partial charge >= 0.3 is 5.97 Å². The van der Waals surface area contributed by atoms with Gasteiger partial charge in [-0.1, -0.05) is 26.0 Å². The van der Waals surface area contributed by atoms with E-state index in [0.29, 0.717) is 43.4 Å². The Labute approximate surface area is 247 Å². The lowest BCUT2D eigenvalue weighted by Gasteiger charge is -2.59. The topological polar surface area (TPSA) is 135 Å². The van der Waals surface area contributed by atoms with Crippen molar-refractivity contribution in [1.82, 2.24) is 0 Å². The van der Waals surface area contributed by atoms with Gasteiger partial charge in [-0.2, -0.15) is 0 Å². The first-order chi connectivity index (χ1) is 19.5. The molecule has 0 amide bonds. The molecule has 0 aromatic heterocycles. The normalized spacial score (nSPS) is 45.4. The Morgan fingerprint density at radius 3 is 2.43 bits per heavy atom. The van der Waals surface area contributed by atoms with E-state index in [2.05, 4.69) is 26.0 Å². The number of aliphatic hydroxyl groups excluding tert-OH is 2. The van der Waals surface area contributed by atoms with Crippen molar-refractivity contribution in [3.05, 3.63) is 47.1 Å². The van der Waals surface area contributed by atoms with E-state index in [0.717, 1.165) is 11.1 Å². The van der Waals surface area contributed by atoms with Gasteiger partial charge in [0.05, 0.1) is 11.7 Å². The smallest absolute Gasteiger partial charge is 0.343 e. The van der Waals surface area contributed by atoms with Crippen LogP contribution in [0.5, 0.6) is 11.5 Å². The highest BCUT2D eigenvalue weighted by atomic mass is 16.8. The number of phenols is 1. The van der Waals surface area contributed by atoms with Gasteiger partial charge in [0.2, 0.25) is 11.4 Å². The highest BCUT2D eigenvalue weighted by Crippen LogP contribution is 2.66. The number of carboxylic acid groups (broad SMARTS) is 1. The molecule has 9 heteroatoms. The van der Waals surface area contributed by atoms with Crippen molar-refractivity contribution in [3.63, 3.8) is 0 Å². The van der Waals surface area contributed by atoms with Gasteiger partial charge in [-0.05, 0) is 93.6 Å². The molecule has 4 N–H and O–H groups in total. The van der Waals surface area contributed by atoms with Gasteiger partial charge < -0.3 is 39.4 Å². The molecule has 2 fully saturated rings. The summed E-state index contributed by atoms with van der Waals surface area (Å²) in [5.41, 5.74) is -3.00. The molecule has 1 spiro atoms. The Morgan fingerprint density at radius 1 is 1.05 bits per heavy atom. The van der Waals surface area contributed by atoms with Gasteiger partial charge in [-0.15, -0.1) is 0 Å². The summed E-state index contributed by atoms with van der Waals surface area (Å²) in [6, 6.07) is 3.38. The number of allylic oxidation sites excluding steroid dienone is 1. The van der Waals surface area contributed by atoms with E-state index < -0.39 is 46.4 Å². The third kappa shape index (κ3) is 3.76. The molecule has 9 nitrogen and oxygen atoms in total. The average molecular weight is 585 g/mol. The van der Waals surface area contributed by atoms with Crippen LogP contribution in [-0.4, -0.2) is 73.9 Å². The second kappa shape index (κ2) is 9.05. The van der Waals surface area contributed by atoms with Crippen LogP contribution in [0.2, 0.25) is 0 Å². The first kappa shape index (κ1) is 29.6. The van der Waals surface area contributed by atoms with Crippen LogP contribution in [0.3, 0.4) is 0 Å². The van der Waals surface area contributed by atoms with Crippen LogP contribution in [0.1, 0.15) is 71.4 Å². The zero-order valence-corrected chi connectivity index (χ0v) is 25.6. The Balaban J connectivity index is 1.46. The zero-order chi connectivity index (χ0) is 30.7. The maximum atomic E-state index is 12.5. The molecule has 9 atom stereocenters. The molecule has 5 aliphatic rings. The summed E-state index contributed by atoms with van der Waals surface area (Å²) in [7, 11) is 1.40. The van der Waals surface area contributed by atoms with E-state index in [1.165, 1.54) is 13.2 Å². The lowest BCUT2D eigenvalue weighted by atomic mass is 9.61. The van der Waals surface area contributed by atoms with Crippen LogP contribution in [0, 0.1) is 24.2 Å². The van der Waals surface area contributed by atoms with Gasteiger partial charge in [-0.3, -0.25) is 0 Å². The van der Waals surface area contributed by atoms with E-state index in [4.69, 9.17) is 18.9 Å². The SMILES string of the molecule is COC12OC3(C)C(O)CC4Cc5c(C)cc(O)cc5OC4(C)CC=CC(C)(C)CC3CC13OC(C(=O)O)(C=C3C)C2O. The number of hydrogen-bond donors (Lipinski definition) is 4. The lowest BCUT2D eigenvalue weighted by molar-refractivity contribution is -0.388. The standard InChI is InChI=1S/C33H44O9/c1-18-11-22(34)14-24-23(18)12-20-13-25(35)30(6)21(16-28(3,4)9-8-10-29(20,5)40-24)17-32-19(2)15-31(42-32,27(37)38)26(36)33(32,39-7)41-30/h8-9,11,14-15,20-21,25-26,34-36H,10,12-13,16-17H2,1-7H3,(H,37,38). The highest BCUT2D eigenvalue weighted by Gasteiger charge is 2.83. The Morgan fingerprint density at radius 2 is 1.76 bits per heavy atom. The lowest BCUT2D eigenvalue weighted by Crippen LogP contribution is -2.73. The monoisotopic (exact) mass is 584 g/mol. The van der Waals surface area contributed by atoms with Crippen molar-refractivity contribution in [2.45, 2.75) is 114 Å². The quantitative estimate of drug-likeness (QED) is 0.378. The summed E-state index contributed by atoms with van der Waals surface area (Å²) >= 11 is 0. The van der Waals surface area contributed by atoms with Gasteiger partial charge in [0.25, 0.3) is 0 Å². The van der Waals surface area contributed by atoms with Gasteiger partial charge in [0, 0.05) is 25.5 Å². The van der Waals surface area contributed by atoms with Crippen LogP contribution in [0.15, 0.2) is 35.9 Å². The third-order valence-electron chi connectivity index (χ3n) is 11.2. The van der Waals surface area contributed by atoms with Crippen molar-refractivity contribution in [2.24, 2.45) is 17.3 Å². The van der Waals surface area contributed by atoms with E-state index in [9.17, 15) is 25.2 Å². The molecule has 1 aliphatic carbocycles. The average Bonchev–Trinajstić information content (AvgIpc) is 3.29. The number of carboxylic acids is 1. The fraction of sp³-hybridized carbons (Fsp3) is 0.667. The molecule has 0 saturated carbocycles. The minimum Gasteiger partial charge on any atom is -0.508 e. The van der Waals surface area contributed by atoms with Crippen LogP contribution >= 0.6 is 0 Å². The number of aromatic hydroxyl groups is 1. The number of fused-ring (bicyclic) bond motifs is 4. The predicted octanol–water partition coefficient (Wildman–Crippen LogP) is 4.19. The number of benzene rings is 1. The van der Waals surface area contributed by atoms with E-state index in [1.807, 2.05) is 20.8 Å². The number of aryl methyl sites for hydroxylation is 1. The highest BCUT2D eigenvalue weighted by molar-refractivity contribution is 5.84. The number of aliphatic hydroxyl groups is 2. The summed E-state index contributed by atoms with van der Waals surface area (Å²) in [5.74, 6) is -2.73. The molecular weight excluding hydrogens is 540 g/mol. The van der Waals surface area contributed by atoms with Gasteiger partial charge in [0.15, 0.2) is 6.10 Å². The molecule has 230 valence electrons. The van der Waals surface area contributed by atoms with E-state index in [1.54, 1.807) is 19.1 Å². The number of methoxy groups -OCH3 is 1. The van der Waals surface area contributed by atoms with Crippen molar-refractivity contribution >= 4 is 5.97 Å². The summed E-state index contributed by atoms with van der Waals surface area (Å²) in [6.07, 6.45) is 5.65. The van der Waals surface area contributed by atoms with Crippen molar-refractivity contribution < 1.29 is 44.2 Å². The fourth-order valence-electron chi connectivity index (χ4n) is 8.69. The number of hydrogen-bond acceptors (Lipinski definition) is 8. The Kier molecular flexibility index (Phi) is 6.38. The first-order valence-electron chi connectivity index (χ1n) is 14.9. The van der Waals surface area contributed by atoms with Gasteiger partial charge in [0.1, 0.15) is 22.7 Å². The second-order valence-corrected chi connectivity index (χ2v) is 14.4. The first-order valence-corrected chi connectivity index (χ1v) is 14.9. The summed E-state index contributed by atoms with van der Waals surface area (Å²) < 4.78 is 25.8.